The number of carbonyl (C=O) groups is 1. The van der Waals surface area contributed by atoms with Gasteiger partial charge in [-0.25, -0.2) is 4.79 Å². The monoisotopic (exact) mass is 330 g/mol. The topological polar surface area (TPSA) is 61.8 Å². The summed E-state index contributed by atoms with van der Waals surface area (Å²) >= 11 is 0. The largest absolute Gasteiger partial charge is 0.478 e. The minimum absolute atomic E-state index is 0.0935. The molecule has 5 nitrogen and oxygen atoms in total. The number of aromatic carboxylic acids is 1. The third-order valence-corrected chi connectivity index (χ3v) is 5.63. The minimum atomic E-state index is -0.866. The Morgan fingerprint density at radius 1 is 1.21 bits per heavy atom. The Hall–Kier alpha value is -1.43. The first-order valence-corrected chi connectivity index (χ1v) is 9.07. The van der Waals surface area contributed by atoms with Crippen molar-refractivity contribution in [3.63, 3.8) is 0 Å². The van der Waals surface area contributed by atoms with Gasteiger partial charge in [-0.3, -0.25) is 4.90 Å². The van der Waals surface area contributed by atoms with Gasteiger partial charge in [0.25, 0.3) is 0 Å². The molecule has 24 heavy (non-hydrogen) atoms. The number of carboxylic acids is 1. The summed E-state index contributed by atoms with van der Waals surface area (Å²) in [6.07, 6.45) is 6.02. The molecule has 0 amide bonds. The van der Waals surface area contributed by atoms with Gasteiger partial charge in [-0.05, 0) is 49.8 Å². The summed E-state index contributed by atoms with van der Waals surface area (Å²) in [6.45, 7) is 3.86. The van der Waals surface area contributed by atoms with Gasteiger partial charge >= 0.3 is 5.97 Å². The first kappa shape index (κ1) is 16.1. The zero-order valence-electron chi connectivity index (χ0n) is 14.0. The molecule has 130 valence electrons. The van der Waals surface area contributed by atoms with Crippen LogP contribution < -0.4 is 5.32 Å². The molecular weight excluding hydrogens is 304 g/mol. The molecule has 1 aliphatic carbocycles. The molecule has 2 saturated heterocycles. The van der Waals surface area contributed by atoms with Crippen molar-refractivity contribution in [2.75, 3.05) is 19.7 Å². The van der Waals surface area contributed by atoms with E-state index in [9.17, 15) is 4.79 Å². The van der Waals surface area contributed by atoms with Gasteiger partial charge in [-0.2, -0.15) is 0 Å². The summed E-state index contributed by atoms with van der Waals surface area (Å²) < 4.78 is 6.21. The number of likely N-dealkylation sites (tertiary alicyclic amines) is 1. The lowest BCUT2D eigenvalue weighted by molar-refractivity contribution is -0.0449. The number of benzene rings is 1. The molecule has 1 saturated carbocycles. The average molecular weight is 330 g/mol. The maximum atomic E-state index is 10.9. The molecule has 2 heterocycles. The molecule has 2 aliphatic heterocycles. The molecule has 1 unspecified atom stereocenters. The number of hydrogen-bond donors (Lipinski definition) is 2. The molecule has 0 radical (unpaired) electrons. The van der Waals surface area contributed by atoms with Gasteiger partial charge in [0.1, 0.15) is 0 Å². The van der Waals surface area contributed by atoms with E-state index in [1.54, 1.807) is 12.1 Å². The second kappa shape index (κ2) is 6.47. The van der Waals surface area contributed by atoms with E-state index in [0.29, 0.717) is 11.6 Å². The molecule has 0 bridgehead atoms. The van der Waals surface area contributed by atoms with Crippen LogP contribution in [0.1, 0.15) is 48.0 Å². The van der Waals surface area contributed by atoms with Gasteiger partial charge in [-0.15, -0.1) is 0 Å². The van der Waals surface area contributed by atoms with Crippen molar-refractivity contribution >= 4 is 5.97 Å². The Labute approximate surface area is 143 Å². The van der Waals surface area contributed by atoms with Crippen LogP contribution in [0.3, 0.4) is 0 Å². The van der Waals surface area contributed by atoms with Crippen LogP contribution in [0.2, 0.25) is 0 Å². The van der Waals surface area contributed by atoms with E-state index in [0.717, 1.165) is 51.5 Å². The Kier molecular flexibility index (Phi) is 4.33. The minimum Gasteiger partial charge on any atom is -0.478 e. The fourth-order valence-corrected chi connectivity index (χ4v) is 4.01. The van der Waals surface area contributed by atoms with Gasteiger partial charge in [-0.1, -0.05) is 12.1 Å². The van der Waals surface area contributed by atoms with E-state index in [1.165, 1.54) is 18.4 Å². The lowest BCUT2D eigenvalue weighted by Crippen LogP contribution is -2.44. The summed E-state index contributed by atoms with van der Waals surface area (Å²) in [5, 5.41) is 12.7. The van der Waals surface area contributed by atoms with Crippen molar-refractivity contribution in [2.45, 2.75) is 56.3 Å². The highest BCUT2D eigenvalue weighted by atomic mass is 16.5. The fourth-order valence-electron chi connectivity index (χ4n) is 4.01. The van der Waals surface area contributed by atoms with E-state index in [2.05, 4.69) is 10.2 Å². The number of nitrogens with zero attached hydrogens (tertiary/aromatic N) is 1. The lowest BCUT2D eigenvalue weighted by Gasteiger charge is -2.38. The fraction of sp³-hybridized carbons (Fsp3) is 0.632. The van der Waals surface area contributed by atoms with E-state index in [4.69, 9.17) is 9.84 Å². The first-order valence-electron chi connectivity index (χ1n) is 9.07. The SMILES string of the molecule is O=C(O)c1ccc(CN2CCC3(CC2)CC(NC2CC2)CO3)cc1. The molecule has 1 aromatic rings. The molecule has 4 rings (SSSR count). The van der Waals surface area contributed by atoms with Gasteiger partial charge in [0.05, 0.1) is 17.8 Å². The molecule has 0 aromatic heterocycles. The number of ether oxygens (including phenoxy) is 1. The van der Waals surface area contributed by atoms with E-state index >= 15 is 0 Å². The highest BCUT2D eigenvalue weighted by Crippen LogP contribution is 2.37. The second-order valence-corrected chi connectivity index (χ2v) is 7.61. The van der Waals surface area contributed by atoms with Gasteiger partial charge in [0, 0.05) is 31.7 Å². The molecule has 3 fully saturated rings. The third kappa shape index (κ3) is 3.63. The van der Waals surface area contributed by atoms with Crippen molar-refractivity contribution < 1.29 is 14.6 Å². The summed E-state index contributed by atoms with van der Waals surface area (Å²) in [5.41, 5.74) is 1.62. The number of nitrogens with one attached hydrogen (secondary N) is 1. The third-order valence-electron chi connectivity index (χ3n) is 5.63. The van der Waals surface area contributed by atoms with Crippen molar-refractivity contribution in [3.8, 4) is 0 Å². The van der Waals surface area contributed by atoms with Crippen molar-refractivity contribution in [1.82, 2.24) is 10.2 Å². The number of hydrogen-bond acceptors (Lipinski definition) is 4. The molecule has 5 heteroatoms. The van der Waals surface area contributed by atoms with Gasteiger partial charge in [0.2, 0.25) is 0 Å². The average Bonchev–Trinajstić information content (AvgIpc) is 3.31. The molecule has 2 N–H and O–H groups in total. The van der Waals surface area contributed by atoms with Crippen LogP contribution in [0.5, 0.6) is 0 Å². The van der Waals surface area contributed by atoms with Gasteiger partial charge in [0.15, 0.2) is 0 Å². The molecular formula is C19H26N2O3. The molecule has 1 spiro atoms. The maximum absolute atomic E-state index is 10.9. The Balaban J connectivity index is 1.27. The quantitative estimate of drug-likeness (QED) is 0.867. The van der Waals surface area contributed by atoms with Crippen molar-refractivity contribution in [2.24, 2.45) is 0 Å². The number of rotatable bonds is 5. The first-order chi connectivity index (χ1) is 11.6. The van der Waals surface area contributed by atoms with Crippen LogP contribution in [0.4, 0.5) is 0 Å². The van der Waals surface area contributed by atoms with Crippen LogP contribution in [-0.2, 0) is 11.3 Å². The molecule has 1 atom stereocenters. The zero-order chi connectivity index (χ0) is 16.6. The van der Waals surface area contributed by atoms with E-state index < -0.39 is 5.97 Å². The van der Waals surface area contributed by atoms with E-state index in [-0.39, 0.29) is 5.60 Å². The summed E-state index contributed by atoms with van der Waals surface area (Å²) in [4.78, 5) is 13.4. The van der Waals surface area contributed by atoms with Crippen LogP contribution >= 0.6 is 0 Å². The zero-order valence-corrected chi connectivity index (χ0v) is 14.0. The van der Waals surface area contributed by atoms with Crippen LogP contribution in [-0.4, -0.2) is 53.4 Å². The number of carboxylic acid groups (broad SMARTS) is 1. The smallest absolute Gasteiger partial charge is 0.335 e. The lowest BCUT2D eigenvalue weighted by atomic mass is 9.87. The standard InChI is InChI=1S/C19H26N2O3/c22-18(23)15-3-1-14(2-4-15)12-21-9-7-19(8-10-21)11-17(13-24-19)20-16-5-6-16/h1-4,16-17,20H,5-13H2,(H,22,23). The maximum Gasteiger partial charge on any atom is 0.335 e. The van der Waals surface area contributed by atoms with Gasteiger partial charge < -0.3 is 15.2 Å². The van der Waals surface area contributed by atoms with Crippen molar-refractivity contribution in [1.29, 1.82) is 0 Å². The second-order valence-electron chi connectivity index (χ2n) is 7.61. The Morgan fingerprint density at radius 2 is 1.92 bits per heavy atom. The predicted octanol–water partition coefficient (Wildman–Crippen LogP) is 2.26. The summed E-state index contributed by atoms with van der Waals surface area (Å²) in [7, 11) is 0. The van der Waals surface area contributed by atoms with Crippen LogP contribution in [0.25, 0.3) is 0 Å². The highest BCUT2D eigenvalue weighted by Gasteiger charge is 2.43. The predicted molar refractivity (Wildman–Crippen MR) is 91.2 cm³/mol. The summed E-state index contributed by atoms with van der Waals surface area (Å²) in [6, 6.07) is 8.54. The Morgan fingerprint density at radius 3 is 2.54 bits per heavy atom. The van der Waals surface area contributed by atoms with E-state index in [1.807, 2.05) is 12.1 Å². The van der Waals surface area contributed by atoms with Crippen molar-refractivity contribution in [3.05, 3.63) is 35.4 Å². The normalized spacial score (nSPS) is 26.8. The summed E-state index contributed by atoms with van der Waals surface area (Å²) in [5.74, 6) is -0.866. The highest BCUT2D eigenvalue weighted by molar-refractivity contribution is 5.87. The molecule has 1 aromatic carbocycles. The van der Waals surface area contributed by atoms with Crippen LogP contribution in [0, 0.1) is 0 Å². The van der Waals surface area contributed by atoms with Crippen LogP contribution in [0.15, 0.2) is 24.3 Å². The Bertz CT molecular complexity index is 589. The molecule has 3 aliphatic rings. The number of piperidine rings is 1.